The van der Waals surface area contributed by atoms with E-state index in [1.165, 1.54) is 0 Å². The maximum absolute atomic E-state index is 5.76. The lowest BCUT2D eigenvalue weighted by Gasteiger charge is -2.09. The highest BCUT2D eigenvalue weighted by Crippen LogP contribution is 2.31. The topological polar surface area (TPSA) is 34.1 Å². The molecule has 0 fully saturated rings. The van der Waals surface area contributed by atoms with Gasteiger partial charge in [-0.3, -0.25) is 0 Å². The molecule has 21 heavy (non-hydrogen) atoms. The van der Waals surface area contributed by atoms with Gasteiger partial charge in [-0.2, -0.15) is 0 Å². The van der Waals surface area contributed by atoms with E-state index in [0.717, 1.165) is 33.3 Å². The summed E-state index contributed by atoms with van der Waals surface area (Å²) in [5, 5.41) is 3.39. The van der Waals surface area contributed by atoms with Gasteiger partial charge in [-0.25, -0.2) is 4.98 Å². The standard InChI is InChI=1S/C16H18Br2N2O/c1-11(2)8-19-9-12-3-6-16(20-10-12)21-15-5-4-13(17)7-14(15)18/h3-7,10-11,19H,8-9H2,1-2H3. The molecule has 0 atom stereocenters. The quantitative estimate of drug-likeness (QED) is 0.711. The minimum atomic E-state index is 0.589. The van der Waals surface area contributed by atoms with Gasteiger partial charge in [0.05, 0.1) is 4.47 Å². The minimum Gasteiger partial charge on any atom is -0.438 e. The molecule has 0 radical (unpaired) electrons. The highest BCUT2D eigenvalue weighted by molar-refractivity contribution is 9.11. The molecule has 0 aliphatic rings. The lowest BCUT2D eigenvalue weighted by atomic mass is 10.2. The zero-order chi connectivity index (χ0) is 15.2. The first-order valence-corrected chi connectivity index (χ1v) is 8.42. The fourth-order valence-corrected chi connectivity index (χ4v) is 2.88. The summed E-state index contributed by atoms with van der Waals surface area (Å²) < 4.78 is 7.65. The summed E-state index contributed by atoms with van der Waals surface area (Å²) in [6.45, 7) is 6.22. The van der Waals surface area contributed by atoms with Gasteiger partial charge in [0.1, 0.15) is 5.75 Å². The fourth-order valence-electron chi connectivity index (χ4n) is 1.75. The molecule has 0 amide bonds. The third-order valence-electron chi connectivity index (χ3n) is 2.79. The first-order chi connectivity index (χ1) is 10.0. The highest BCUT2D eigenvalue weighted by atomic mass is 79.9. The SMILES string of the molecule is CC(C)CNCc1ccc(Oc2ccc(Br)cc2Br)nc1. The number of nitrogens with one attached hydrogen (secondary N) is 1. The van der Waals surface area contributed by atoms with Crippen molar-refractivity contribution in [1.29, 1.82) is 0 Å². The van der Waals surface area contributed by atoms with Crippen LogP contribution in [0.3, 0.4) is 0 Å². The van der Waals surface area contributed by atoms with E-state index in [2.05, 4.69) is 56.0 Å². The van der Waals surface area contributed by atoms with Gasteiger partial charge in [0, 0.05) is 23.3 Å². The fraction of sp³-hybridized carbons (Fsp3) is 0.312. The van der Waals surface area contributed by atoms with Crippen LogP contribution in [0.2, 0.25) is 0 Å². The number of ether oxygens (including phenoxy) is 1. The number of aromatic nitrogens is 1. The predicted octanol–water partition coefficient (Wildman–Crippen LogP) is 5.14. The van der Waals surface area contributed by atoms with Crippen molar-refractivity contribution in [2.24, 2.45) is 5.92 Å². The number of hydrogen-bond donors (Lipinski definition) is 1. The van der Waals surface area contributed by atoms with Crippen LogP contribution < -0.4 is 10.1 Å². The highest BCUT2D eigenvalue weighted by Gasteiger charge is 2.04. The van der Waals surface area contributed by atoms with Crippen LogP contribution in [-0.4, -0.2) is 11.5 Å². The van der Waals surface area contributed by atoms with Crippen molar-refractivity contribution in [2.45, 2.75) is 20.4 Å². The van der Waals surface area contributed by atoms with Crippen molar-refractivity contribution in [1.82, 2.24) is 10.3 Å². The molecule has 1 heterocycles. The second-order valence-electron chi connectivity index (χ2n) is 5.21. The van der Waals surface area contributed by atoms with Crippen LogP contribution in [0, 0.1) is 5.92 Å². The molecule has 0 saturated carbocycles. The van der Waals surface area contributed by atoms with Crippen molar-refractivity contribution in [3.8, 4) is 11.6 Å². The summed E-state index contributed by atoms with van der Waals surface area (Å²) in [5.74, 6) is 1.98. The van der Waals surface area contributed by atoms with E-state index in [4.69, 9.17) is 4.74 Å². The van der Waals surface area contributed by atoms with Crippen LogP contribution in [-0.2, 0) is 6.54 Å². The van der Waals surface area contributed by atoms with Gasteiger partial charge in [0.2, 0.25) is 5.88 Å². The summed E-state index contributed by atoms with van der Waals surface area (Å²) in [6, 6.07) is 9.70. The molecular formula is C16H18Br2N2O. The first-order valence-electron chi connectivity index (χ1n) is 6.83. The third kappa shape index (κ3) is 5.41. The Bertz CT molecular complexity index is 585. The lowest BCUT2D eigenvalue weighted by Crippen LogP contribution is -2.18. The average molecular weight is 414 g/mol. The Labute approximate surface area is 142 Å². The van der Waals surface area contributed by atoms with E-state index in [1.807, 2.05) is 36.5 Å². The summed E-state index contributed by atoms with van der Waals surface area (Å²) in [5.41, 5.74) is 1.15. The van der Waals surface area contributed by atoms with Gasteiger partial charge >= 0.3 is 0 Å². The molecule has 5 heteroatoms. The summed E-state index contributed by atoms with van der Waals surface area (Å²) >= 11 is 6.89. The molecule has 0 saturated heterocycles. The average Bonchev–Trinajstić information content (AvgIpc) is 2.43. The van der Waals surface area contributed by atoms with E-state index in [0.29, 0.717) is 11.8 Å². The molecule has 0 aliphatic carbocycles. The zero-order valence-corrected chi connectivity index (χ0v) is 15.2. The molecular weight excluding hydrogens is 396 g/mol. The monoisotopic (exact) mass is 412 g/mol. The van der Waals surface area contributed by atoms with Crippen LogP contribution in [0.15, 0.2) is 45.5 Å². The smallest absolute Gasteiger partial charge is 0.219 e. The Balaban J connectivity index is 1.95. The lowest BCUT2D eigenvalue weighted by molar-refractivity contribution is 0.459. The number of halogens is 2. The Morgan fingerprint density at radius 3 is 2.62 bits per heavy atom. The Morgan fingerprint density at radius 2 is 2.00 bits per heavy atom. The summed E-state index contributed by atoms with van der Waals surface area (Å²) in [7, 11) is 0. The maximum Gasteiger partial charge on any atom is 0.219 e. The molecule has 2 rings (SSSR count). The maximum atomic E-state index is 5.76. The van der Waals surface area contributed by atoms with Crippen molar-refractivity contribution in [3.63, 3.8) is 0 Å². The van der Waals surface area contributed by atoms with Gasteiger partial charge in [-0.1, -0.05) is 35.8 Å². The van der Waals surface area contributed by atoms with Crippen molar-refractivity contribution in [3.05, 3.63) is 51.0 Å². The van der Waals surface area contributed by atoms with E-state index in [1.54, 1.807) is 0 Å². The van der Waals surface area contributed by atoms with Gasteiger partial charge in [-0.15, -0.1) is 0 Å². The van der Waals surface area contributed by atoms with E-state index in [-0.39, 0.29) is 0 Å². The van der Waals surface area contributed by atoms with Crippen LogP contribution in [0.4, 0.5) is 0 Å². The summed E-state index contributed by atoms with van der Waals surface area (Å²) in [4.78, 5) is 4.34. The van der Waals surface area contributed by atoms with Gasteiger partial charge in [-0.05, 0) is 52.2 Å². The molecule has 0 unspecified atom stereocenters. The zero-order valence-electron chi connectivity index (χ0n) is 12.1. The molecule has 3 nitrogen and oxygen atoms in total. The van der Waals surface area contributed by atoms with E-state index >= 15 is 0 Å². The van der Waals surface area contributed by atoms with Crippen LogP contribution in [0.5, 0.6) is 11.6 Å². The van der Waals surface area contributed by atoms with Crippen LogP contribution >= 0.6 is 31.9 Å². The Morgan fingerprint density at radius 1 is 1.19 bits per heavy atom. The number of rotatable bonds is 6. The molecule has 1 aromatic heterocycles. The van der Waals surface area contributed by atoms with Crippen molar-refractivity contribution < 1.29 is 4.74 Å². The van der Waals surface area contributed by atoms with Gasteiger partial charge in [0.25, 0.3) is 0 Å². The minimum absolute atomic E-state index is 0.589. The second-order valence-corrected chi connectivity index (χ2v) is 6.98. The Hall–Kier alpha value is -0.910. The number of nitrogens with zero attached hydrogens (tertiary/aromatic N) is 1. The largest absolute Gasteiger partial charge is 0.438 e. The normalized spacial score (nSPS) is 10.9. The Kier molecular flexibility index (Phi) is 6.21. The third-order valence-corrected chi connectivity index (χ3v) is 3.90. The molecule has 2 aromatic rings. The molecule has 0 aliphatic heterocycles. The number of hydrogen-bond acceptors (Lipinski definition) is 3. The number of pyridine rings is 1. The molecule has 1 N–H and O–H groups in total. The summed E-state index contributed by atoms with van der Waals surface area (Å²) in [6.07, 6.45) is 1.84. The second kappa shape index (κ2) is 7.92. The van der Waals surface area contributed by atoms with Crippen LogP contribution in [0.1, 0.15) is 19.4 Å². The first kappa shape index (κ1) is 16.5. The van der Waals surface area contributed by atoms with Crippen molar-refractivity contribution in [2.75, 3.05) is 6.54 Å². The molecule has 1 aromatic carbocycles. The molecule has 0 bridgehead atoms. The van der Waals surface area contributed by atoms with Gasteiger partial charge < -0.3 is 10.1 Å². The molecule has 112 valence electrons. The number of benzene rings is 1. The van der Waals surface area contributed by atoms with Crippen LogP contribution in [0.25, 0.3) is 0 Å². The van der Waals surface area contributed by atoms with E-state index < -0.39 is 0 Å². The van der Waals surface area contributed by atoms with E-state index in [9.17, 15) is 0 Å². The predicted molar refractivity (Wildman–Crippen MR) is 92.7 cm³/mol. The molecule has 0 spiro atoms. The van der Waals surface area contributed by atoms with Gasteiger partial charge in [0.15, 0.2) is 0 Å². The van der Waals surface area contributed by atoms with Crippen molar-refractivity contribution >= 4 is 31.9 Å².